The number of methoxy groups -OCH3 is 2. The summed E-state index contributed by atoms with van der Waals surface area (Å²) in [4.78, 5) is 29.8. The number of piperidine rings is 1. The fraction of sp³-hybridized carbons (Fsp3) is 0.417. The molecule has 164 valence electrons. The molecule has 1 N–H and O–H groups in total. The van der Waals surface area contributed by atoms with Crippen LogP contribution in [0.1, 0.15) is 35.7 Å². The molecule has 0 saturated carbocycles. The monoisotopic (exact) mass is 423 g/mol. The molecule has 31 heavy (non-hydrogen) atoms. The van der Waals surface area contributed by atoms with E-state index in [4.69, 9.17) is 9.47 Å². The minimum Gasteiger partial charge on any atom is -0.493 e. The van der Waals surface area contributed by atoms with Crippen LogP contribution in [0.15, 0.2) is 42.5 Å². The van der Waals surface area contributed by atoms with Gasteiger partial charge in [0.25, 0.3) is 0 Å². The molecule has 2 aliphatic heterocycles. The second-order valence-electron chi connectivity index (χ2n) is 8.09. The van der Waals surface area contributed by atoms with Gasteiger partial charge in [0.2, 0.25) is 0 Å². The lowest BCUT2D eigenvalue weighted by molar-refractivity contribution is 0.0711. The number of nitrogens with one attached hydrogen (secondary N) is 1. The van der Waals surface area contributed by atoms with E-state index in [0.29, 0.717) is 23.6 Å². The number of rotatable bonds is 6. The Labute approximate surface area is 182 Å². The summed E-state index contributed by atoms with van der Waals surface area (Å²) in [7, 11) is 3.14. The van der Waals surface area contributed by atoms with E-state index in [9.17, 15) is 9.59 Å². The Morgan fingerprint density at radius 3 is 2.48 bits per heavy atom. The zero-order chi connectivity index (χ0) is 22.0. The van der Waals surface area contributed by atoms with E-state index >= 15 is 0 Å². The summed E-state index contributed by atoms with van der Waals surface area (Å²) in [5.74, 6) is 1.22. The number of carbonyl (C=O) groups excluding carboxylic acids is 2. The molecule has 0 aromatic heterocycles. The summed E-state index contributed by atoms with van der Waals surface area (Å²) in [5, 5.41) is 3.00. The number of anilines is 1. The standard InChI is InChI=1S/C24H29N3O4/c1-16(23(28)17-8-9-21(30-2)22(14-17)31-3)26-12-10-19(11-13-26)27-15-18-6-4-5-7-20(18)25-24(27)29/h4-9,14,16,19H,10-13,15H2,1-3H3,(H,25,29). The van der Waals surface area contributed by atoms with E-state index in [2.05, 4.69) is 16.3 Å². The molecule has 2 aromatic rings. The molecular weight excluding hydrogens is 394 g/mol. The summed E-state index contributed by atoms with van der Waals surface area (Å²) in [6.45, 7) is 4.13. The van der Waals surface area contributed by atoms with Crippen molar-refractivity contribution in [2.24, 2.45) is 0 Å². The molecule has 1 saturated heterocycles. The molecule has 1 unspecified atom stereocenters. The second kappa shape index (κ2) is 8.98. The van der Waals surface area contributed by atoms with Gasteiger partial charge in [0.1, 0.15) is 0 Å². The molecule has 1 atom stereocenters. The lowest BCUT2D eigenvalue weighted by atomic mass is 9.97. The van der Waals surface area contributed by atoms with Gasteiger partial charge in [-0.25, -0.2) is 4.79 Å². The van der Waals surface area contributed by atoms with Crippen LogP contribution < -0.4 is 14.8 Å². The molecule has 2 amide bonds. The van der Waals surface area contributed by atoms with Gasteiger partial charge in [0.15, 0.2) is 17.3 Å². The highest BCUT2D eigenvalue weighted by molar-refractivity contribution is 6.00. The van der Waals surface area contributed by atoms with E-state index in [0.717, 1.165) is 37.2 Å². The van der Waals surface area contributed by atoms with Crippen molar-refractivity contribution in [3.05, 3.63) is 53.6 Å². The van der Waals surface area contributed by atoms with Gasteiger partial charge in [0.05, 0.1) is 20.3 Å². The Bertz CT molecular complexity index is 969. The normalized spacial score (nSPS) is 18.2. The molecule has 1 fully saturated rings. The quantitative estimate of drug-likeness (QED) is 0.716. The first-order chi connectivity index (χ1) is 15.0. The number of benzene rings is 2. The molecule has 2 aromatic carbocycles. The van der Waals surface area contributed by atoms with Gasteiger partial charge in [-0.3, -0.25) is 9.69 Å². The molecular formula is C24H29N3O4. The summed E-state index contributed by atoms with van der Waals surface area (Å²) < 4.78 is 10.6. The van der Waals surface area contributed by atoms with E-state index < -0.39 is 0 Å². The lowest BCUT2D eigenvalue weighted by Crippen LogP contribution is -2.52. The molecule has 0 bridgehead atoms. The Morgan fingerprint density at radius 2 is 1.77 bits per heavy atom. The van der Waals surface area contributed by atoms with Crippen LogP contribution in [0, 0.1) is 0 Å². The van der Waals surface area contributed by atoms with Gasteiger partial charge >= 0.3 is 6.03 Å². The van der Waals surface area contributed by atoms with Crippen molar-refractivity contribution in [1.29, 1.82) is 0 Å². The van der Waals surface area contributed by atoms with Gasteiger partial charge in [-0.2, -0.15) is 0 Å². The Hall–Kier alpha value is -3.06. The number of hydrogen-bond donors (Lipinski definition) is 1. The van der Waals surface area contributed by atoms with Crippen molar-refractivity contribution in [3.63, 3.8) is 0 Å². The fourth-order valence-electron chi connectivity index (χ4n) is 4.50. The third-order valence-corrected chi connectivity index (χ3v) is 6.40. The van der Waals surface area contributed by atoms with Crippen LogP contribution in [0.4, 0.5) is 10.5 Å². The number of likely N-dealkylation sites (tertiary alicyclic amines) is 1. The maximum absolute atomic E-state index is 13.1. The zero-order valence-corrected chi connectivity index (χ0v) is 18.3. The van der Waals surface area contributed by atoms with Gasteiger partial charge in [0, 0.05) is 36.9 Å². The number of fused-ring (bicyclic) bond motifs is 1. The average molecular weight is 424 g/mol. The predicted molar refractivity (Wildman–Crippen MR) is 119 cm³/mol. The third-order valence-electron chi connectivity index (χ3n) is 6.40. The largest absolute Gasteiger partial charge is 0.493 e. The zero-order valence-electron chi connectivity index (χ0n) is 18.3. The van der Waals surface area contributed by atoms with Crippen LogP contribution >= 0.6 is 0 Å². The van der Waals surface area contributed by atoms with Crippen LogP contribution in [-0.2, 0) is 6.54 Å². The summed E-state index contributed by atoms with van der Waals surface area (Å²) >= 11 is 0. The number of hydrogen-bond acceptors (Lipinski definition) is 5. The number of urea groups is 1. The first-order valence-electron chi connectivity index (χ1n) is 10.7. The maximum atomic E-state index is 13.1. The lowest BCUT2D eigenvalue weighted by Gasteiger charge is -2.42. The van der Waals surface area contributed by atoms with E-state index in [1.54, 1.807) is 32.4 Å². The number of ketones is 1. The van der Waals surface area contributed by atoms with Crippen molar-refractivity contribution in [2.45, 2.75) is 38.4 Å². The molecule has 4 rings (SSSR count). The van der Waals surface area contributed by atoms with Gasteiger partial charge in [-0.1, -0.05) is 18.2 Å². The summed E-state index contributed by atoms with van der Waals surface area (Å²) in [6, 6.07) is 13.1. The number of ether oxygens (including phenoxy) is 2. The van der Waals surface area contributed by atoms with Gasteiger partial charge in [-0.15, -0.1) is 0 Å². The van der Waals surface area contributed by atoms with Gasteiger partial charge in [-0.05, 0) is 49.6 Å². The Balaban J connectivity index is 1.38. The van der Waals surface area contributed by atoms with Crippen LogP contribution in [0.25, 0.3) is 0 Å². The Morgan fingerprint density at radius 1 is 1.06 bits per heavy atom. The van der Waals surface area contributed by atoms with Crippen molar-refractivity contribution in [1.82, 2.24) is 9.80 Å². The highest BCUT2D eigenvalue weighted by atomic mass is 16.5. The van der Waals surface area contributed by atoms with E-state index in [1.807, 2.05) is 30.0 Å². The van der Waals surface area contributed by atoms with E-state index in [-0.39, 0.29) is 23.9 Å². The van der Waals surface area contributed by atoms with Crippen molar-refractivity contribution >= 4 is 17.5 Å². The number of para-hydroxylation sites is 1. The van der Waals surface area contributed by atoms with Crippen molar-refractivity contribution in [2.75, 3.05) is 32.6 Å². The number of amides is 2. The maximum Gasteiger partial charge on any atom is 0.322 e. The summed E-state index contributed by atoms with van der Waals surface area (Å²) in [5.41, 5.74) is 2.65. The smallest absolute Gasteiger partial charge is 0.322 e. The first-order valence-corrected chi connectivity index (χ1v) is 10.7. The van der Waals surface area contributed by atoms with Gasteiger partial charge < -0.3 is 19.7 Å². The molecule has 0 spiro atoms. The highest BCUT2D eigenvalue weighted by Gasteiger charge is 2.34. The number of Topliss-reactive ketones (excluding diaryl/α,β-unsaturated/α-hetero) is 1. The number of carbonyl (C=O) groups is 2. The Kier molecular flexibility index (Phi) is 6.13. The topological polar surface area (TPSA) is 71.1 Å². The summed E-state index contributed by atoms with van der Waals surface area (Å²) in [6.07, 6.45) is 1.69. The van der Waals surface area contributed by atoms with Crippen LogP contribution in [-0.4, -0.2) is 61.0 Å². The minimum atomic E-state index is -0.241. The second-order valence-corrected chi connectivity index (χ2v) is 8.09. The van der Waals surface area contributed by atoms with Crippen LogP contribution in [0.3, 0.4) is 0 Å². The molecule has 2 heterocycles. The molecule has 0 aliphatic carbocycles. The molecule has 7 heteroatoms. The van der Waals surface area contributed by atoms with Crippen LogP contribution in [0.2, 0.25) is 0 Å². The molecule has 7 nitrogen and oxygen atoms in total. The third kappa shape index (κ3) is 4.23. The predicted octanol–water partition coefficient (Wildman–Crippen LogP) is 3.79. The van der Waals surface area contributed by atoms with Crippen LogP contribution in [0.5, 0.6) is 11.5 Å². The van der Waals surface area contributed by atoms with Crippen molar-refractivity contribution in [3.8, 4) is 11.5 Å². The molecule has 0 radical (unpaired) electrons. The number of nitrogens with zero attached hydrogens (tertiary/aromatic N) is 2. The van der Waals surface area contributed by atoms with E-state index in [1.165, 1.54) is 0 Å². The molecule has 2 aliphatic rings. The minimum absolute atomic E-state index is 0.0356. The average Bonchev–Trinajstić information content (AvgIpc) is 2.82. The first kappa shape index (κ1) is 21.2. The van der Waals surface area contributed by atoms with Crippen molar-refractivity contribution < 1.29 is 19.1 Å². The fourth-order valence-corrected chi connectivity index (χ4v) is 4.50. The SMILES string of the molecule is COc1ccc(C(=O)C(C)N2CCC(N3Cc4ccccc4NC3=O)CC2)cc1OC. The highest BCUT2D eigenvalue weighted by Crippen LogP contribution is 2.30.